The van der Waals surface area contributed by atoms with Gasteiger partial charge in [0.05, 0.1) is 11.3 Å². The van der Waals surface area contributed by atoms with E-state index in [0.29, 0.717) is 18.8 Å². The van der Waals surface area contributed by atoms with Gasteiger partial charge in [-0.15, -0.1) is 0 Å². The second kappa shape index (κ2) is 10.4. The van der Waals surface area contributed by atoms with E-state index in [4.69, 9.17) is 0 Å². The number of rotatable bonds is 5. The average molecular weight is 524 g/mol. The number of nitrogens with zero attached hydrogens (tertiary/aromatic N) is 4. The summed E-state index contributed by atoms with van der Waals surface area (Å²) in [6, 6.07) is 11.0. The molecule has 2 amide bonds. The van der Waals surface area contributed by atoms with Crippen molar-refractivity contribution in [2.45, 2.75) is 19.6 Å². The van der Waals surface area contributed by atoms with Crippen molar-refractivity contribution in [3.05, 3.63) is 71.7 Å². The predicted octanol–water partition coefficient (Wildman–Crippen LogP) is 5.34. The molecular formula is C27H28F3N7O. The van der Waals surface area contributed by atoms with Crippen LogP contribution in [-0.2, 0) is 12.7 Å². The van der Waals surface area contributed by atoms with E-state index in [1.165, 1.54) is 12.1 Å². The van der Waals surface area contributed by atoms with Gasteiger partial charge in [-0.25, -0.2) is 9.78 Å². The molecule has 1 aliphatic heterocycles. The van der Waals surface area contributed by atoms with Gasteiger partial charge in [-0.2, -0.15) is 13.2 Å². The number of urea groups is 1. The van der Waals surface area contributed by atoms with E-state index in [0.717, 1.165) is 41.2 Å². The number of imidazole rings is 1. The lowest BCUT2D eigenvalue weighted by molar-refractivity contribution is -0.138. The number of piperazine rings is 1. The Morgan fingerprint density at radius 1 is 1.03 bits per heavy atom. The third-order valence-electron chi connectivity index (χ3n) is 6.69. The van der Waals surface area contributed by atoms with Crippen molar-refractivity contribution in [2.24, 2.45) is 0 Å². The largest absolute Gasteiger partial charge is 0.416 e. The fourth-order valence-electron chi connectivity index (χ4n) is 4.61. The van der Waals surface area contributed by atoms with Crippen molar-refractivity contribution in [1.82, 2.24) is 24.8 Å². The minimum atomic E-state index is -4.54. The van der Waals surface area contributed by atoms with Crippen molar-refractivity contribution in [2.75, 3.05) is 43.9 Å². The molecule has 0 aliphatic carbocycles. The van der Waals surface area contributed by atoms with Gasteiger partial charge in [0.15, 0.2) is 0 Å². The van der Waals surface area contributed by atoms with E-state index in [1.54, 1.807) is 12.4 Å². The number of amides is 2. The van der Waals surface area contributed by atoms with E-state index < -0.39 is 17.8 Å². The molecular weight excluding hydrogens is 495 g/mol. The zero-order valence-corrected chi connectivity index (χ0v) is 21.1. The molecule has 3 heterocycles. The van der Waals surface area contributed by atoms with Crippen LogP contribution in [0.2, 0.25) is 0 Å². The number of alkyl halides is 3. The minimum absolute atomic E-state index is 0.0440. The molecule has 4 aromatic rings. The number of fused-ring (bicyclic) bond motifs is 1. The molecule has 0 saturated carbocycles. The lowest BCUT2D eigenvalue weighted by Crippen LogP contribution is -2.44. The van der Waals surface area contributed by atoms with Gasteiger partial charge >= 0.3 is 12.2 Å². The quantitative estimate of drug-likeness (QED) is 0.329. The number of hydrogen-bond acceptors (Lipinski definition) is 5. The Kier molecular flexibility index (Phi) is 7.04. The first-order valence-corrected chi connectivity index (χ1v) is 12.3. The lowest BCUT2D eigenvalue weighted by atomic mass is 10.0. The average Bonchev–Trinajstić information content (AvgIpc) is 3.24. The number of anilines is 2. The highest BCUT2D eigenvalue weighted by Gasteiger charge is 2.34. The highest BCUT2D eigenvalue weighted by molar-refractivity contribution is 5.99. The zero-order chi connectivity index (χ0) is 26.9. The fraction of sp³-hybridized carbons (Fsp3) is 0.296. The van der Waals surface area contributed by atoms with E-state index in [9.17, 15) is 18.0 Å². The van der Waals surface area contributed by atoms with Crippen LogP contribution in [0.5, 0.6) is 0 Å². The molecule has 0 radical (unpaired) electrons. The van der Waals surface area contributed by atoms with Gasteiger partial charge in [-0.3, -0.25) is 15.2 Å². The number of H-pyrrole nitrogens is 1. The first-order chi connectivity index (χ1) is 18.2. The van der Waals surface area contributed by atoms with Crippen molar-refractivity contribution < 1.29 is 18.0 Å². The highest BCUT2D eigenvalue weighted by atomic mass is 19.4. The SMILES string of the molecule is Cc1[nH]c(NC(=O)Nc2ccc(CN3CCN(C)CC3)c(C(F)(F)F)c2)nc1-c1ccc2ccncc2c1. The molecule has 5 rings (SSSR count). The van der Waals surface area contributed by atoms with E-state index in [-0.39, 0.29) is 23.7 Å². The number of likely N-dealkylation sites (N-methyl/N-ethyl adjacent to an activating group) is 1. The fourth-order valence-corrected chi connectivity index (χ4v) is 4.61. The maximum atomic E-state index is 13.9. The number of aryl methyl sites for hydroxylation is 1. The molecule has 38 heavy (non-hydrogen) atoms. The summed E-state index contributed by atoms with van der Waals surface area (Å²) in [5.41, 5.74) is 1.71. The zero-order valence-electron chi connectivity index (χ0n) is 21.1. The molecule has 0 atom stereocenters. The molecule has 8 nitrogen and oxygen atoms in total. The molecule has 198 valence electrons. The summed E-state index contributed by atoms with van der Waals surface area (Å²) < 4.78 is 41.6. The summed E-state index contributed by atoms with van der Waals surface area (Å²) in [4.78, 5) is 28.4. The maximum Gasteiger partial charge on any atom is 0.416 e. The van der Waals surface area contributed by atoms with E-state index in [1.807, 2.05) is 43.1 Å². The van der Waals surface area contributed by atoms with Crippen LogP contribution in [0.25, 0.3) is 22.0 Å². The summed E-state index contributed by atoms with van der Waals surface area (Å²) in [5.74, 6) is 0.184. The smallest absolute Gasteiger partial charge is 0.327 e. The van der Waals surface area contributed by atoms with Crippen LogP contribution >= 0.6 is 0 Å². The summed E-state index contributed by atoms with van der Waals surface area (Å²) in [6.45, 7) is 5.07. The maximum absolute atomic E-state index is 13.9. The molecule has 1 aliphatic rings. The van der Waals surface area contributed by atoms with Gasteiger partial charge < -0.3 is 15.2 Å². The molecule has 0 unspecified atom stereocenters. The number of pyridine rings is 1. The summed E-state index contributed by atoms with van der Waals surface area (Å²) in [5, 5.41) is 7.07. The molecule has 11 heteroatoms. The van der Waals surface area contributed by atoms with Crippen LogP contribution in [0.1, 0.15) is 16.8 Å². The Labute approximate surface area is 217 Å². The number of carbonyl (C=O) groups excluding carboxylic acids is 1. The van der Waals surface area contributed by atoms with Crippen molar-refractivity contribution >= 4 is 28.4 Å². The van der Waals surface area contributed by atoms with Crippen molar-refractivity contribution in [1.29, 1.82) is 0 Å². The third-order valence-corrected chi connectivity index (χ3v) is 6.69. The van der Waals surface area contributed by atoms with Crippen LogP contribution in [0.3, 0.4) is 0 Å². The molecule has 2 aromatic carbocycles. The summed E-state index contributed by atoms with van der Waals surface area (Å²) in [6.07, 6.45) is -1.06. The molecule has 0 spiro atoms. The van der Waals surface area contributed by atoms with Gasteiger partial charge in [0.2, 0.25) is 5.95 Å². The number of aromatic amines is 1. The molecule has 1 saturated heterocycles. The van der Waals surface area contributed by atoms with Crippen molar-refractivity contribution in [3.63, 3.8) is 0 Å². The van der Waals surface area contributed by atoms with Gasteiger partial charge in [-0.05, 0) is 49.2 Å². The third kappa shape index (κ3) is 5.79. The van der Waals surface area contributed by atoms with Crippen LogP contribution < -0.4 is 10.6 Å². The van der Waals surface area contributed by atoms with Gasteiger partial charge in [-0.1, -0.05) is 18.2 Å². The Morgan fingerprint density at radius 3 is 2.58 bits per heavy atom. The minimum Gasteiger partial charge on any atom is -0.327 e. The number of benzene rings is 2. The second-order valence-corrected chi connectivity index (χ2v) is 9.52. The Bertz CT molecular complexity index is 1460. The first kappa shape index (κ1) is 25.7. The monoisotopic (exact) mass is 523 g/mol. The molecule has 3 N–H and O–H groups in total. The van der Waals surface area contributed by atoms with Crippen LogP contribution in [0.15, 0.2) is 54.9 Å². The summed E-state index contributed by atoms with van der Waals surface area (Å²) in [7, 11) is 2.00. The molecule has 1 fully saturated rings. The van der Waals surface area contributed by atoms with Gasteiger partial charge in [0.25, 0.3) is 0 Å². The van der Waals surface area contributed by atoms with Crippen LogP contribution in [0, 0.1) is 6.92 Å². The Balaban J connectivity index is 1.29. The van der Waals surface area contributed by atoms with Crippen LogP contribution in [0.4, 0.5) is 29.6 Å². The standard InChI is InChI=1S/C27H28F3N7O/c1-17-24(19-4-3-18-7-8-31-15-21(18)13-19)34-25(32-17)35-26(38)33-22-6-5-20(23(14-22)27(28,29)30)16-37-11-9-36(2)10-12-37/h3-8,13-15H,9-12,16H2,1-2H3,(H3,32,33,34,35,38). The second-order valence-electron chi connectivity index (χ2n) is 9.52. The molecule has 0 bridgehead atoms. The van der Waals surface area contributed by atoms with E-state index >= 15 is 0 Å². The number of aromatic nitrogens is 3. The van der Waals surface area contributed by atoms with Gasteiger partial charge in [0, 0.05) is 67.4 Å². The topological polar surface area (TPSA) is 89.2 Å². The number of halogens is 3. The summed E-state index contributed by atoms with van der Waals surface area (Å²) >= 11 is 0. The first-order valence-electron chi connectivity index (χ1n) is 12.3. The van der Waals surface area contributed by atoms with Gasteiger partial charge in [0.1, 0.15) is 0 Å². The number of hydrogen-bond donors (Lipinski definition) is 3. The number of nitrogens with one attached hydrogen (secondary N) is 3. The Morgan fingerprint density at radius 2 is 1.82 bits per heavy atom. The van der Waals surface area contributed by atoms with Crippen LogP contribution in [-0.4, -0.2) is 64.0 Å². The Hall–Kier alpha value is -3.96. The predicted molar refractivity (Wildman–Crippen MR) is 141 cm³/mol. The molecule has 2 aromatic heterocycles. The number of carbonyl (C=O) groups is 1. The highest BCUT2D eigenvalue weighted by Crippen LogP contribution is 2.35. The normalized spacial score (nSPS) is 15.1. The van der Waals surface area contributed by atoms with Crippen molar-refractivity contribution in [3.8, 4) is 11.3 Å². The van der Waals surface area contributed by atoms with E-state index in [2.05, 4.69) is 30.5 Å². The lowest BCUT2D eigenvalue weighted by Gasteiger charge is -2.33.